The number of carboxylic acids is 1. The number of allylic oxidation sites excluding steroid dienone is 2. The Bertz CT molecular complexity index is 570. The van der Waals surface area contributed by atoms with E-state index >= 15 is 0 Å². The summed E-state index contributed by atoms with van der Waals surface area (Å²) in [4.78, 5) is 23.5. The first-order chi connectivity index (χ1) is 9.99. The van der Waals surface area contributed by atoms with E-state index in [4.69, 9.17) is 0 Å². The fourth-order valence-corrected chi connectivity index (χ4v) is 2.56. The Hall–Kier alpha value is -2.17. The van der Waals surface area contributed by atoms with E-state index in [1.54, 1.807) is 25.1 Å². The average molecular weight is 291 g/mol. The number of carbonyl (C=O) groups excluding carboxylic acids is 1. The van der Waals surface area contributed by atoms with E-state index in [2.05, 4.69) is 5.32 Å². The van der Waals surface area contributed by atoms with Crippen LogP contribution in [0.5, 0.6) is 0 Å². The third-order valence-electron chi connectivity index (χ3n) is 3.79. The molecule has 0 saturated carbocycles. The van der Waals surface area contributed by atoms with Crippen molar-refractivity contribution in [1.82, 2.24) is 5.32 Å². The summed E-state index contributed by atoms with van der Waals surface area (Å²) >= 11 is 0. The smallest absolute Gasteiger partial charge is 0.307 e. The molecule has 0 fully saturated rings. The number of hydrogen-bond acceptors (Lipinski definition) is 2. The van der Waals surface area contributed by atoms with Crippen LogP contribution in [0.1, 0.15) is 31.4 Å². The molecule has 1 aliphatic carbocycles. The van der Waals surface area contributed by atoms with Crippen LogP contribution in [0.25, 0.3) is 0 Å². The maximum Gasteiger partial charge on any atom is 0.307 e. The second-order valence-corrected chi connectivity index (χ2v) is 5.28. The predicted octanol–water partition coefficient (Wildman–Crippen LogP) is 2.67. The molecule has 1 aromatic carbocycles. The van der Waals surface area contributed by atoms with Crippen LogP contribution in [-0.2, 0) is 9.59 Å². The van der Waals surface area contributed by atoms with Crippen molar-refractivity contribution in [2.75, 3.05) is 0 Å². The largest absolute Gasteiger partial charge is 0.481 e. The van der Waals surface area contributed by atoms with Gasteiger partial charge in [0.2, 0.25) is 5.91 Å². The van der Waals surface area contributed by atoms with Gasteiger partial charge >= 0.3 is 5.97 Å². The number of carbonyl (C=O) groups is 2. The van der Waals surface area contributed by atoms with Crippen molar-refractivity contribution in [1.29, 1.82) is 0 Å². The van der Waals surface area contributed by atoms with Gasteiger partial charge in [-0.05, 0) is 37.5 Å². The van der Waals surface area contributed by atoms with E-state index in [-0.39, 0.29) is 17.8 Å². The molecule has 0 bridgehead atoms. The quantitative estimate of drug-likeness (QED) is 0.838. The van der Waals surface area contributed by atoms with Crippen molar-refractivity contribution in [2.45, 2.75) is 25.8 Å². The molecule has 5 heteroatoms. The Labute approximate surface area is 122 Å². The molecule has 0 aromatic heterocycles. The molecule has 4 nitrogen and oxygen atoms in total. The van der Waals surface area contributed by atoms with Gasteiger partial charge in [0, 0.05) is 0 Å². The second-order valence-electron chi connectivity index (χ2n) is 5.28. The molecular weight excluding hydrogens is 273 g/mol. The molecule has 2 rings (SSSR count). The van der Waals surface area contributed by atoms with Crippen molar-refractivity contribution < 1.29 is 19.1 Å². The lowest BCUT2D eigenvalue weighted by Gasteiger charge is -2.26. The topological polar surface area (TPSA) is 66.4 Å². The van der Waals surface area contributed by atoms with Crippen LogP contribution >= 0.6 is 0 Å². The lowest BCUT2D eigenvalue weighted by atomic mass is 9.82. The van der Waals surface area contributed by atoms with Crippen LogP contribution in [0, 0.1) is 17.7 Å². The normalized spacial score (nSPS) is 22.6. The molecule has 1 aromatic rings. The van der Waals surface area contributed by atoms with E-state index in [0.29, 0.717) is 18.4 Å². The molecular formula is C16H18FNO3. The molecule has 21 heavy (non-hydrogen) atoms. The predicted molar refractivity (Wildman–Crippen MR) is 75.9 cm³/mol. The Morgan fingerprint density at radius 2 is 1.95 bits per heavy atom. The summed E-state index contributed by atoms with van der Waals surface area (Å²) in [6, 6.07) is 5.64. The first-order valence-electron chi connectivity index (χ1n) is 6.92. The fraction of sp³-hybridized carbons (Fsp3) is 0.375. The highest BCUT2D eigenvalue weighted by Gasteiger charge is 2.34. The van der Waals surface area contributed by atoms with Crippen LogP contribution in [0.15, 0.2) is 36.4 Å². The number of benzene rings is 1. The zero-order valence-electron chi connectivity index (χ0n) is 11.8. The Balaban J connectivity index is 2.06. The van der Waals surface area contributed by atoms with Gasteiger partial charge in [0.1, 0.15) is 5.82 Å². The number of aliphatic carboxylic acids is 1. The van der Waals surface area contributed by atoms with Crippen molar-refractivity contribution >= 4 is 11.9 Å². The van der Waals surface area contributed by atoms with E-state index in [9.17, 15) is 19.1 Å². The highest BCUT2D eigenvalue weighted by Crippen LogP contribution is 2.27. The van der Waals surface area contributed by atoms with Crippen molar-refractivity contribution in [3.05, 3.63) is 47.8 Å². The van der Waals surface area contributed by atoms with E-state index in [0.717, 1.165) is 0 Å². The summed E-state index contributed by atoms with van der Waals surface area (Å²) < 4.78 is 13.2. The first kappa shape index (κ1) is 15.2. The van der Waals surface area contributed by atoms with Gasteiger partial charge in [-0.1, -0.05) is 24.3 Å². The SMILES string of the molecule is C[C@H](NC(=O)C1CC=CCC1C(=O)O)c1cccc(F)c1. The highest BCUT2D eigenvalue weighted by molar-refractivity contribution is 5.85. The van der Waals surface area contributed by atoms with Gasteiger partial charge in [-0.3, -0.25) is 9.59 Å². The van der Waals surface area contributed by atoms with Crippen LogP contribution in [0.2, 0.25) is 0 Å². The number of amides is 1. The minimum atomic E-state index is -0.960. The zero-order chi connectivity index (χ0) is 15.4. The Morgan fingerprint density at radius 3 is 2.57 bits per heavy atom. The summed E-state index contributed by atoms with van der Waals surface area (Å²) in [7, 11) is 0. The number of carboxylic acid groups (broad SMARTS) is 1. The molecule has 3 atom stereocenters. The summed E-state index contributed by atoms with van der Waals surface area (Å²) in [6.07, 6.45) is 4.40. The van der Waals surface area contributed by atoms with Crippen LogP contribution in [0.3, 0.4) is 0 Å². The lowest BCUT2D eigenvalue weighted by molar-refractivity contribution is -0.147. The summed E-state index contributed by atoms with van der Waals surface area (Å²) in [5.74, 6) is -2.91. The van der Waals surface area contributed by atoms with Gasteiger partial charge in [0.05, 0.1) is 17.9 Å². The van der Waals surface area contributed by atoms with Crippen LogP contribution < -0.4 is 5.32 Å². The summed E-state index contributed by atoms with van der Waals surface area (Å²) in [5, 5.41) is 12.0. The van der Waals surface area contributed by atoms with Gasteiger partial charge < -0.3 is 10.4 Å². The molecule has 112 valence electrons. The molecule has 0 heterocycles. The number of hydrogen-bond donors (Lipinski definition) is 2. The Morgan fingerprint density at radius 1 is 1.29 bits per heavy atom. The number of nitrogens with one attached hydrogen (secondary N) is 1. The summed E-state index contributed by atoms with van der Waals surface area (Å²) in [5.41, 5.74) is 0.654. The van der Waals surface area contributed by atoms with Crippen molar-refractivity contribution in [2.24, 2.45) is 11.8 Å². The molecule has 0 spiro atoms. The highest BCUT2D eigenvalue weighted by atomic mass is 19.1. The van der Waals surface area contributed by atoms with Gasteiger partial charge in [0.15, 0.2) is 0 Å². The van der Waals surface area contributed by atoms with Gasteiger partial charge in [0.25, 0.3) is 0 Å². The van der Waals surface area contributed by atoms with E-state index in [1.807, 2.05) is 6.08 Å². The molecule has 1 amide bonds. The van der Waals surface area contributed by atoms with Gasteiger partial charge in [-0.15, -0.1) is 0 Å². The lowest BCUT2D eigenvalue weighted by Crippen LogP contribution is -2.39. The first-order valence-corrected chi connectivity index (χ1v) is 6.92. The third-order valence-corrected chi connectivity index (χ3v) is 3.79. The van der Waals surface area contributed by atoms with Crippen LogP contribution in [-0.4, -0.2) is 17.0 Å². The second kappa shape index (κ2) is 6.52. The van der Waals surface area contributed by atoms with Gasteiger partial charge in [-0.2, -0.15) is 0 Å². The molecule has 0 radical (unpaired) electrons. The summed E-state index contributed by atoms with van der Waals surface area (Å²) in [6.45, 7) is 1.75. The molecule has 1 aliphatic rings. The third kappa shape index (κ3) is 3.68. The standard InChI is InChI=1S/C16H18FNO3/c1-10(11-5-4-6-12(17)9-11)18-15(19)13-7-2-3-8-14(13)16(20)21/h2-6,9-10,13-14H,7-8H2,1H3,(H,18,19)(H,20,21)/t10-,13?,14?/m0/s1. The maximum absolute atomic E-state index is 13.2. The number of halogens is 1. The molecule has 2 unspecified atom stereocenters. The number of rotatable bonds is 4. The van der Waals surface area contributed by atoms with E-state index < -0.39 is 17.8 Å². The minimum absolute atomic E-state index is 0.302. The molecule has 0 aliphatic heterocycles. The maximum atomic E-state index is 13.2. The molecule has 0 saturated heterocycles. The van der Waals surface area contributed by atoms with Gasteiger partial charge in [-0.25, -0.2) is 4.39 Å². The van der Waals surface area contributed by atoms with Crippen LogP contribution in [0.4, 0.5) is 4.39 Å². The monoisotopic (exact) mass is 291 g/mol. The fourth-order valence-electron chi connectivity index (χ4n) is 2.56. The van der Waals surface area contributed by atoms with Crippen molar-refractivity contribution in [3.63, 3.8) is 0 Å². The van der Waals surface area contributed by atoms with E-state index in [1.165, 1.54) is 12.1 Å². The Kier molecular flexibility index (Phi) is 4.73. The average Bonchev–Trinajstić information content (AvgIpc) is 2.47. The van der Waals surface area contributed by atoms with Crippen molar-refractivity contribution in [3.8, 4) is 0 Å². The zero-order valence-corrected chi connectivity index (χ0v) is 11.8. The molecule has 2 N–H and O–H groups in total. The minimum Gasteiger partial charge on any atom is -0.481 e.